The minimum atomic E-state index is 0.0768. The van der Waals surface area contributed by atoms with Crippen LogP contribution in [0.25, 0.3) is 0 Å². The molecule has 2 heterocycles. The van der Waals surface area contributed by atoms with Gasteiger partial charge < -0.3 is 10.6 Å². The van der Waals surface area contributed by atoms with Gasteiger partial charge in [-0.1, -0.05) is 13.8 Å². The van der Waals surface area contributed by atoms with E-state index in [0.717, 1.165) is 24.5 Å². The number of thiazole rings is 1. The normalized spacial score (nSPS) is 24.3. The Morgan fingerprint density at radius 3 is 2.78 bits per heavy atom. The molecule has 0 radical (unpaired) electrons. The molecule has 2 atom stereocenters. The summed E-state index contributed by atoms with van der Waals surface area (Å²) in [6.45, 7) is 6.70. The van der Waals surface area contributed by atoms with E-state index in [1.54, 1.807) is 0 Å². The Labute approximate surface area is 112 Å². The summed E-state index contributed by atoms with van der Waals surface area (Å²) < 4.78 is 0. The van der Waals surface area contributed by atoms with Gasteiger partial charge in [0.05, 0.1) is 5.01 Å². The van der Waals surface area contributed by atoms with Gasteiger partial charge in [0, 0.05) is 24.9 Å². The fraction of sp³-hybridized carbons (Fsp3) is 0.692. The van der Waals surface area contributed by atoms with Crippen molar-refractivity contribution in [3.05, 3.63) is 16.1 Å². The summed E-state index contributed by atoms with van der Waals surface area (Å²) in [5, 5.41) is 2.82. The molecule has 1 aliphatic heterocycles. The van der Waals surface area contributed by atoms with E-state index >= 15 is 0 Å². The second kappa shape index (κ2) is 5.80. The first kappa shape index (κ1) is 13.5. The highest BCUT2D eigenvalue weighted by Gasteiger charge is 2.27. The number of amides is 1. The first-order chi connectivity index (χ1) is 8.60. The maximum atomic E-state index is 12.3. The fourth-order valence-corrected chi connectivity index (χ4v) is 3.43. The van der Waals surface area contributed by atoms with Crippen LogP contribution in [0.3, 0.4) is 0 Å². The molecule has 1 aliphatic rings. The molecular formula is C13H21N3OS. The molecule has 0 spiro atoms. The van der Waals surface area contributed by atoms with Crippen LogP contribution in [0, 0.1) is 11.8 Å². The first-order valence-electron chi connectivity index (χ1n) is 6.54. The lowest BCUT2D eigenvalue weighted by Crippen LogP contribution is -2.42. The third-order valence-electron chi connectivity index (χ3n) is 3.29. The Balaban J connectivity index is 2.05. The fourth-order valence-electron chi connectivity index (χ4n) is 2.64. The van der Waals surface area contributed by atoms with Crippen LogP contribution in [-0.4, -0.2) is 35.4 Å². The van der Waals surface area contributed by atoms with E-state index in [2.05, 4.69) is 18.8 Å². The maximum Gasteiger partial charge on any atom is 0.273 e. The van der Waals surface area contributed by atoms with Crippen molar-refractivity contribution in [1.82, 2.24) is 9.88 Å². The van der Waals surface area contributed by atoms with Crippen molar-refractivity contribution in [2.24, 2.45) is 17.6 Å². The van der Waals surface area contributed by atoms with E-state index in [-0.39, 0.29) is 5.91 Å². The number of carbonyl (C=O) groups is 1. The molecule has 2 N–H and O–H groups in total. The van der Waals surface area contributed by atoms with Crippen LogP contribution < -0.4 is 5.73 Å². The van der Waals surface area contributed by atoms with Gasteiger partial charge in [-0.05, 0) is 24.8 Å². The zero-order chi connectivity index (χ0) is 13.1. The van der Waals surface area contributed by atoms with Gasteiger partial charge in [0.1, 0.15) is 5.69 Å². The summed E-state index contributed by atoms with van der Waals surface area (Å²) in [4.78, 5) is 18.7. The topological polar surface area (TPSA) is 59.2 Å². The number of rotatable bonds is 3. The van der Waals surface area contributed by atoms with E-state index in [4.69, 9.17) is 5.73 Å². The predicted molar refractivity (Wildman–Crippen MR) is 73.7 cm³/mol. The Kier molecular flexibility index (Phi) is 4.35. The quantitative estimate of drug-likeness (QED) is 0.908. The van der Waals surface area contributed by atoms with Crippen molar-refractivity contribution < 1.29 is 4.79 Å². The molecule has 0 aliphatic carbocycles. The van der Waals surface area contributed by atoms with Gasteiger partial charge in [-0.15, -0.1) is 11.3 Å². The Morgan fingerprint density at radius 2 is 2.17 bits per heavy atom. The Morgan fingerprint density at radius 1 is 1.50 bits per heavy atom. The highest BCUT2D eigenvalue weighted by Crippen LogP contribution is 2.23. The molecule has 2 unspecified atom stereocenters. The molecule has 18 heavy (non-hydrogen) atoms. The average molecular weight is 267 g/mol. The van der Waals surface area contributed by atoms with Gasteiger partial charge in [0.2, 0.25) is 0 Å². The summed E-state index contributed by atoms with van der Waals surface area (Å²) >= 11 is 1.53. The van der Waals surface area contributed by atoms with Gasteiger partial charge >= 0.3 is 0 Å². The average Bonchev–Trinajstić information content (AvgIpc) is 2.76. The maximum absolute atomic E-state index is 12.3. The van der Waals surface area contributed by atoms with E-state index in [1.165, 1.54) is 17.8 Å². The van der Waals surface area contributed by atoms with E-state index in [9.17, 15) is 4.79 Å². The van der Waals surface area contributed by atoms with E-state index < -0.39 is 0 Å². The minimum absolute atomic E-state index is 0.0768. The second-order valence-corrected chi connectivity index (χ2v) is 6.26. The SMILES string of the molecule is CC1CC(C)CN(C(=O)c2csc(CCN)n2)C1. The number of hydrogen-bond donors (Lipinski definition) is 1. The van der Waals surface area contributed by atoms with Crippen molar-refractivity contribution in [2.45, 2.75) is 26.7 Å². The third-order valence-corrected chi connectivity index (χ3v) is 4.19. The smallest absolute Gasteiger partial charge is 0.273 e. The molecule has 1 aromatic rings. The lowest BCUT2D eigenvalue weighted by Gasteiger charge is -2.34. The van der Waals surface area contributed by atoms with Gasteiger partial charge in [-0.2, -0.15) is 0 Å². The van der Waals surface area contributed by atoms with Crippen molar-refractivity contribution in [3.8, 4) is 0 Å². The summed E-state index contributed by atoms with van der Waals surface area (Å²) in [5.74, 6) is 1.24. The first-order valence-corrected chi connectivity index (χ1v) is 7.42. The molecule has 1 aromatic heterocycles. The van der Waals surface area contributed by atoms with Crippen LogP contribution in [-0.2, 0) is 6.42 Å². The number of nitrogens with zero attached hydrogens (tertiary/aromatic N) is 2. The van der Waals surface area contributed by atoms with Crippen molar-refractivity contribution in [3.63, 3.8) is 0 Å². The van der Waals surface area contributed by atoms with E-state index in [0.29, 0.717) is 24.1 Å². The molecule has 0 saturated carbocycles. The molecule has 0 aromatic carbocycles. The van der Waals surface area contributed by atoms with Crippen LogP contribution in [0.1, 0.15) is 35.8 Å². The zero-order valence-electron chi connectivity index (χ0n) is 11.1. The molecule has 2 rings (SSSR count). The standard InChI is InChI=1S/C13H21N3OS/c1-9-5-10(2)7-16(6-9)13(17)11-8-18-12(15-11)3-4-14/h8-10H,3-7,14H2,1-2H3. The Bertz CT molecular complexity index is 408. The van der Waals surface area contributed by atoms with Crippen LogP contribution >= 0.6 is 11.3 Å². The highest BCUT2D eigenvalue weighted by atomic mass is 32.1. The van der Waals surface area contributed by atoms with Gasteiger partial charge in [-0.3, -0.25) is 4.79 Å². The monoisotopic (exact) mass is 267 g/mol. The molecule has 1 amide bonds. The number of carbonyl (C=O) groups excluding carboxylic acids is 1. The summed E-state index contributed by atoms with van der Waals surface area (Å²) in [5.41, 5.74) is 6.08. The molecule has 0 bridgehead atoms. The van der Waals surface area contributed by atoms with Crippen molar-refractivity contribution in [1.29, 1.82) is 0 Å². The van der Waals surface area contributed by atoms with Gasteiger partial charge in [0.15, 0.2) is 0 Å². The van der Waals surface area contributed by atoms with Crippen LogP contribution in [0.15, 0.2) is 5.38 Å². The highest BCUT2D eigenvalue weighted by molar-refractivity contribution is 7.09. The number of aromatic nitrogens is 1. The van der Waals surface area contributed by atoms with Gasteiger partial charge in [-0.25, -0.2) is 4.98 Å². The van der Waals surface area contributed by atoms with E-state index in [1.807, 2.05) is 10.3 Å². The summed E-state index contributed by atoms with van der Waals surface area (Å²) in [6.07, 6.45) is 1.96. The van der Waals surface area contributed by atoms with Crippen LogP contribution in [0.2, 0.25) is 0 Å². The van der Waals surface area contributed by atoms with Crippen LogP contribution in [0.4, 0.5) is 0 Å². The lowest BCUT2D eigenvalue weighted by atomic mass is 9.92. The van der Waals surface area contributed by atoms with Crippen molar-refractivity contribution in [2.75, 3.05) is 19.6 Å². The zero-order valence-corrected chi connectivity index (χ0v) is 11.9. The molecule has 1 saturated heterocycles. The molecule has 100 valence electrons. The largest absolute Gasteiger partial charge is 0.337 e. The Hall–Kier alpha value is -0.940. The minimum Gasteiger partial charge on any atom is -0.337 e. The molecule has 1 fully saturated rings. The number of hydrogen-bond acceptors (Lipinski definition) is 4. The summed E-state index contributed by atoms with van der Waals surface area (Å²) in [6, 6.07) is 0. The van der Waals surface area contributed by atoms with Crippen molar-refractivity contribution >= 4 is 17.2 Å². The lowest BCUT2D eigenvalue weighted by molar-refractivity contribution is 0.0618. The predicted octanol–water partition coefficient (Wildman–Crippen LogP) is 1.76. The van der Waals surface area contributed by atoms with Gasteiger partial charge in [0.25, 0.3) is 5.91 Å². The number of likely N-dealkylation sites (tertiary alicyclic amines) is 1. The molecular weight excluding hydrogens is 246 g/mol. The molecule has 5 heteroatoms. The number of piperidine rings is 1. The molecule has 4 nitrogen and oxygen atoms in total. The summed E-state index contributed by atoms with van der Waals surface area (Å²) in [7, 11) is 0. The third kappa shape index (κ3) is 3.09. The van der Waals surface area contributed by atoms with Crippen LogP contribution in [0.5, 0.6) is 0 Å². The number of nitrogens with two attached hydrogens (primary N) is 1. The second-order valence-electron chi connectivity index (χ2n) is 5.32.